The van der Waals surface area contributed by atoms with Crippen molar-refractivity contribution >= 4 is 11.8 Å². The van der Waals surface area contributed by atoms with Crippen molar-refractivity contribution in [3.05, 3.63) is 42.4 Å². The molecule has 0 fully saturated rings. The van der Waals surface area contributed by atoms with Crippen molar-refractivity contribution in [2.24, 2.45) is 4.99 Å². The summed E-state index contributed by atoms with van der Waals surface area (Å²) >= 11 is 0. The van der Waals surface area contributed by atoms with E-state index in [4.69, 9.17) is 5.26 Å². The van der Waals surface area contributed by atoms with Gasteiger partial charge >= 0.3 is 0 Å². The van der Waals surface area contributed by atoms with Crippen LogP contribution in [0.5, 0.6) is 0 Å². The molecule has 1 aromatic heterocycles. The predicted molar refractivity (Wildman–Crippen MR) is 59.0 cm³/mol. The zero-order valence-electron chi connectivity index (χ0n) is 8.44. The molecular weight excluding hydrogens is 188 g/mol. The van der Waals surface area contributed by atoms with E-state index in [1.807, 2.05) is 19.1 Å². The molecule has 0 aliphatic heterocycles. The summed E-state index contributed by atoms with van der Waals surface area (Å²) in [6.07, 6.45) is 3.08. The van der Waals surface area contributed by atoms with E-state index in [1.54, 1.807) is 6.20 Å². The van der Waals surface area contributed by atoms with Crippen LogP contribution in [-0.4, -0.2) is 16.4 Å². The Kier molecular flexibility index (Phi) is 3.47. The van der Waals surface area contributed by atoms with E-state index in [0.717, 1.165) is 11.3 Å². The van der Waals surface area contributed by atoms with Crippen molar-refractivity contribution in [1.29, 1.82) is 5.26 Å². The molecular formula is C11H10N4. The minimum Gasteiger partial charge on any atom is -0.246 e. The molecule has 0 aromatic carbocycles. The molecule has 0 aliphatic carbocycles. The van der Waals surface area contributed by atoms with Crippen LogP contribution in [0, 0.1) is 18.3 Å². The van der Waals surface area contributed by atoms with Gasteiger partial charge in [0.15, 0.2) is 0 Å². The van der Waals surface area contributed by atoms with Crippen LogP contribution in [0.2, 0.25) is 0 Å². The maximum absolute atomic E-state index is 8.45. The van der Waals surface area contributed by atoms with Gasteiger partial charge in [0.1, 0.15) is 11.8 Å². The summed E-state index contributed by atoms with van der Waals surface area (Å²) in [5, 5.41) is 16.1. The summed E-state index contributed by atoms with van der Waals surface area (Å²) in [6, 6.07) is 3.67. The van der Waals surface area contributed by atoms with Gasteiger partial charge in [-0.1, -0.05) is 13.2 Å². The van der Waals surface area contributed by atoms with Crippen LogP contribution in [-0.2, 0) is 0 Å². The first-order valence-electron chi connectivity index (χ1n) is 4.25. The SMILES string of the molecule is C=C(C#N)N=CC(=C)c1cnnc(C)c1. The van der Waals surface area contributed by atoms with Gasteiger partial charge in [-0.05, 0) is 18.6 Å². The predicted octanol–water partition coefficient (Wildman–Crippen LogP) is 1.91. The summed E-state index contributed by atoms with van der Waals surface area (Å²) in [6.45, 7) is 9.08. The van der Waals surface area contributed by atoms with Crippen LogP contribution < -0.4 is 0 Å². The molecule has 0 saturated heterocycles. The van der Waals surface area contributed by atoms with Crippen molar-refractivity contribution in [1.82, 2.24) is 10.2 Å². The molecule has 1 rings (SSSR count). The number of allylic oxidation sites excluding steroid dienone is 2. The zero-order valence-corrected chi connectivity index (χ0v) is 8.44. The second-order valence-electron chi connectivity index (χ2n) is 2.93. The molecule has 0 bridgehead atoms. The highest BCUT2D eigenvalue weighted by molar-refractivity contribution is 6.09. The van der Waals surface area contributed by atoms with Crippen molar-refractivity contribution < 1.29 is 0 Å². The van der Waals surface area contributed by atoms with Gasteiger partial charge in [0.25, 0.3) is 0 Å². The lowest BCUT2D eigenvalue weighted by atomic mass is 10.1. The molecule has 1 aromatic rings. The zero-order chi connectivity index (χ0) is 11.3. The van der Waals surface area contributed by atoms with E-state index >= 15 is 0 Å². The molecule has 0 spiro atoms. The fourth-order valence-corrected chi connectivity index (χ4v) is 0.908. The molecule has 0 aliphatic rings. The number of nitriles is 1. The highest BCUT2D eigenvalue weighted by Gasteiger charge is 1.97. The Labute approximate surface area is 88.3 Å². The Morgan fingerprint density at radius 1 is 1.60 bits per heavy atom. The topological polar surface area (TPSA) is 61.9 Å². The summed E-state index contributed by atoms with van der Waals surface area (Å²) < 4.78 is 0. The second-order valence-corrected chi connectivity index (χ2v) is 2.93. The smallest absolute Gasteiger partial charge is 0.133 e. The molecule has 4 heteroatoms. The first kappa shape index (κ1) is 10.8. The maximum Gasteiger partial charge on any atom is 0.133 e. The van der Waals surface area contributed by atoms with E-state index in [1.165, 1.54) is 6.21 Å². The van der Waals surface area contributed by atoms with Gasteiger partial charge in [-0.15, -0.1) is 0 Å². The summed E-state index contributed by atoms with van der Waals surface area (Å²) in [5.74, 6) is 0. The fourth-order valence-electron chi connectivity index (χ4n) is 0.908. The number of rotatable bonds is 3. The normalized spacial score (nSPS) is 9.87. The largest absolute Gasteiger partial charge is 0.246 e. The molecule has 0 unspecified atom stereocenters. The standard InChI is InChI=1S/C11H10N4/c1-8(6-13-10(3)5-12)11-4-9(2)15-14-7-11/h4,6-7H,1,3H2,2H3. The molecule has 74 valence electrons. The summed E-state index contributed by atoms with van der Waals surface area (Å²) in [7, 11) is 0. The van der Waals surface area contributed by atoms with Gasteiger partial charge in [0, 0.05) is 11.8 Å². The monoisotopic (exact) mass is 198 g/mol. The quantitative estimate of drug-likeness (QED) is 0.550. The Hall–Kier alpha value is -2.28. The minimum absolute atomic E-state index is 0.148. The number of aliphatic imine (C=N–C) groups is 1. The lowest BCUT2D eigenvalue weighted by molar-refractivity contribution is 0.976. The van der Waals surface area contributed by atoms with Crippen LogP contribution >= 0.6 is 0 Å². The van der Waals surface area contributed by atoms with Gasteiger partial charge < -0.3 is 0 Å². The number of hydrogen-bond donors (Lipinski definition) is 0. The number of hydrogen-bond acceptors (Lipinski definition) is 4. The molecule has 1 heterocycles. The fraction of sp³-hybridized carbons (Fsp3) is 0.0909. The van der Waals surface area contributed by atoms with Crippen LogP contribution in [0.3, 0.4) is 0 Å². The number of aryl methyl sites for hydroxylation is 1. The maximum atomic E-state index is 8.45. The van der Waals surface area contributed by atoms with E-state index in [9.17, 15) is 0 Å². The Morgan fingerprint density at radius 3 is 2.93 bits per heavy atom. The second kappa shape index (κ2) is 4.82. The van der Waals surface area contributed by atoms with E-state index in [-0.39, 0.29) is 5.70 Å². The van der Waals surface area contributed by atoms with Crippen LogP contribution in [0.15, 0.2) is 36.1 Å². The van der Waals surface area contributed by atoms with Crippen molar-refractivity contribution in [2.45, 2.75) is 6.92 Å². The third-order valence-corrected chi connectivity index (χ3v) is 1.65. The van der Waals surface area contributed by atoms with Crippen molar-refractivity contribution in [3.8, 4) is 6.07 Å². The van der Waals surface area contributed by atoms with Gasteiger partial charge in [-0.3, -0.25) is 0 Å². The Morgan fingerprint density at radius 2 is 2.33 bits per heavy atom. The highest BCUT2D eigenvalue weighted by atomic mass is 15.1. The molecule has 0 saturated carbocycles. The summed E-state index contributed by atoms with van der Waals surface area (Å²) in [4.78, 5) is 3.82. The molecule has 4 nitrogen and oxygen atoms in total. The van der Waals surface area contributed by atoms with Gasteiger partial charge in [-0.2, -0.15) is 15.5 Å². The van der Waals surface area contributed by atoms with E-state index in [0.29, 0.717) is 5.57 Å². The van der Waals surface area contributed by atoms with Crippen molar-refractivity contribution in [3.63, 3.8) is 0 Å². The first-order valence-corrected chi connectivity index (χ1v) is 4.25. The summed E-state index contributed by atoms with van der Waals surface area (Å²) in [5.41, 5.74) is 2.46. The first-order chi connectivity index (χ1) is 7.13. The van der Waals surface area contributed by atoms with E-state index < -0.39 is 0 Å². The lowest BCUT2D eigenvalue weighted by Gasteiger charge is -1.98. The molecule has 0 atom stereocenters. The van der Waals surface area contributed by atoms with Crippen LogP contribution in [0.1, 0.15) is 11.3 Å². The Bertz CT molecular complexity index is 466. The minimum atomic E-state index is 0.148. The Balaban J connectivity index is 2.83. The molecule has 0 N–H and O–H groups in total. The molecule has 15 heavy (non-hydrogen) atoms. The van der Waals surface area contributed by atoms with Gasteiger partial charge in [0.2, 0.25) is 0 Å². The lowest BCUT2D eigenvalue weighted by Crippen LogP contribution is -1.91. The third kappa shape index (κ3) is 3.16. The van der Waals surface area contributed by atoms with Crippen LogP contribution in [0.4, 0.5) is 0 Å². The average molecular weight is 198 g/mol. The number of nitrogens with zero attached hydrogens (tertiary/aromatic N) is 4. The van der Waals surface area contributed by atoms with Crippen molar-refractivity contribution in [2.75, 3.05) is 0 Å². The van der Waals surface area contributed by atoms with Gasteiger partial charge in [0.05, 0.1) is 11.9 Å². The highest BCUT2D eigenvalue weighted by Crippen LogP contribution is 2.09. The van der Waals surface area contributed by atoms with Crippen LogP contribution in [0.25, 0.3) is 5.57 Å². The van der Waals surface area contributed by atoms with E-state index in [2.05, 4.69) is 28.3 Å². The van der Waals surface area contributed by atoms with Gasteiger partial charge in [-0.25, -0.2) is 4.99 Å². The third-order valence-electron chi connectivity index (χ3n) is 1.65. The number of aromatic nitrogens is 2. The molecule has 0 amide bonds. The molecule has 0 radical (unpaired) electrons. The average Bonchev–Trinajstić information content (AvgIpc) is 2.25.